The molecule has 0 saturated carbocycles. The summed E-state index contributed by atoms with van der Waals surface area (Å²) in [6.07, 6.45) is 0. The van der Waals surface area contributed by atoms with Crippen molar-refractivity contribution in [3.63, 3.8) is 0 Å². The maximum absolute atomic E-state index is 13.1. The van der Waals surface area contributed by atoms with Gasteiger partial charge in [-0.05, 0) is 81.0 Å². The molecule has 5 heteroatoms. The predicted octanol–water partition coefficient (Wildman–Crippen LogP) is 5.35. The van der Waals surface area contributed by atoms with Gasteiger partial charge in [-0.25, -0.2) is 4.39 Å². The predicted molar refractivity (Wildman–Crippen MR) is 119 cm³/mol. The second-order valence-electron chi connectivity index (χ2n) is 8.03. The Morgan fingerprint density at radius 3 is 1.97 bits per heavy atom. The Morgan fingerprint density at radius 1 is 0.900 bits per heavy atom. The molecule has 1 N–H and O–H groups in total. The van der Waals surface area contributed by atoms with Crippen molar-refractivity contribution >= 4 is 11.6 Å². The highest BCUT2D eigenvalue weighted by Crippen LogP contribution is 2.24. The highest BCUT2D eigenvalue weighted by molar-refractivity contribution is 5.97. The molecule has 0 aliphatic rings. The van der Waals surface area contributed by atoms with E-state index in [0.29, 0.717) is 11.4 Å². The van der Waals surface area contributed by atoms with Gasteiger partial charge in [-0.15, -0.1) is 0 Å². The lowest BCUT2D eigenvalue weighted by atomic mass is 10.0. The fourth-order valence-electron chi connectivity index (χ4n) is 3.04. The minimum absolute atomic E-state index is 0.285. The van der Waals surface area contributed by atoms with Gasteiger partial charge in [0, 0.05) is 12.2 Å². The smallest absolute Gasteiger partial charge is 0.267 e. The van der Waals surface area contributed by atoms with E-state index in [4.69, 9.17) is 4.74 Å². The van der Waals surface area contributed by atoms with E-state index < -0.39 is 5.60 Å². The topological polar surface area (TPSA) is 41.6 Å². The summed E-state index contributed by atoms with van der Waals surface area (Å²) in [6, 6.07) is 21.8. The fraction of sp³-hybridized carbons (Fsp3) is 0.240. The van der Waals surface area contributed by atoms with E-state index in [1.165, 1.54) is 29.8 Å². The third-order valence-corrected chi connectivity index (χ3v) is 4.66. The average molecular weight is 407 g/mol. The Kier molecular flexibility index (Phi) is 6.53. The van der Waals surface area contributed by atoms with E-state index in [0.717, 1.165) is 17.7 Å². The molecule has 0 atom stereocenters. The second-order valence-corrected chi connectivity index (χ2v) is 8.03. The van der Waals surface area contributed by atoms with Crippen LogP contribution < -0.4 is 10.1 Å². The molecule has 3 rings (SSSR count). The first-order valence-corrected chi connectivity index (χ1v) is 9.83. The van der Waals surface area contributed by atoms with Gasteiger partial charge in [-0.3, -0.25) is 4.79 Å². The number of amides is 1. The first-order chi connectivity index (χ1) is 14.2. The first kappa shape index (κ1) is 21.5. The molecule has 0 radical (unpaired) electrons. The summed E-state index contributed by atoms with van der Waals surface area (Å²) >= 11 is 0. The number of nitrogens with zero attached hydrogens (tertiary/aromatic N) is 1. The Bertz CT molecular complexity index is 979. The van der Waals surface area contributed by atoms with Crippen LogP contribution in [0, 0.1) is 5.82 Å². The number of rotatable bonds is 7. The molecule has 3 aromatic carbocycles. The third kappa shape index (κ3) is 5.67. The molecule has 0 fully saturated rings. The highest BCUT2D eigenvalue weighted by Gasteiger charge is 2.30. The van der Waals surface area contributed by atoms with Gasteiger partial charge in [-0.1, -0.05) is 36.4 Å². The quantitative estimate of drug-likeness (QED) is 0.575. The van der Waals surface area contributed by atoms with Crippen molar-refractivity contribution in [1.82, 2.24) is 4.90 Å². The Balaban J connectivity index is 1.64. The van der Waals surface area contributed by atoms with Crippen LogP contribution in [-0.2, 0) is 11.3 Å². The molecular formula is C25H27FN2O2. The van der Waals surface area contributed by atoms with Crippen molar-refractivity contribution in [3.8, 4) is 16.9 Å². The Hall–Kier alpha value is -3.18. The van der Waals surface area contributed by atoms with Gasteiger partial charge in [0.1, 0.15) is 11.6 Å². The molecule has 0 spiro atoms. The van der Waals surface area contributed by atoms with E-state index in [-0.39, 0.29) is 11.7 Å². The number of carbonyl (C=O) groups is 1. The second kappa shape index (κ2) is 9.09. The molecule has 0 bridgehead atoms. The minimum Gasteiger partial charge on any atom is -0.478 e. The lowest BCUT2D eigenvalue weighted by Crippen LogP contribution is -2.42. The Labute approximate surface area is 177 Å². The summed E-state index contributed by atoms with van der Waals surface area (Å²) < 4.78 is 18.8. The number of halogens is 1. The van der Waals surface area contributed by atoms with Crippen molar-refractivity contribution in [1.29, 1.82) is 0 Å². The molecule has 0 unspecified atom stereocenters. The van der Waals surface area contributed by atoms with Gasteiger partial charge >= 0.3 is 0 Å². The number of ether oxygens (including phenoxy) is 1. The maximum Gasteiger partial charge on any atom is 0.267 e. The number of benzene rings is 3. The molecule has 4 nitrogen and oxygen atoms in total. The monoisotopic (exact) mass is 406 g/mol. The molecule has 3 aromatic rings. The largest absolute Gasteiger partial charge is 0.478 e. The standard InChI is InChI=1S/C25H27FN2O2/c1-25(2,30-23-15-11-21(26)12-16-23)24(29)27-22-13-9-20(10-14-22)19-7-5-18(6-8-19)17-28(3)4/h5-16H,17H2,1-4H3,(H,27,29). The number of hydrogen-bond donors (Lipinski definition) is 1. The number of nitrogens with one attached hydrogen (secondary N) is 1. The van der Waals surface area contributed by atoms with Crippen LogP contribution in [-0.4, -0.2) is 30.5 Å². The molecule has 0 aliphatic carbocycles. The van der Waals surface area contributed by atoms with Crippen molar-refractivity contribution in [3.05, 3.63) is 84.2 Å². The van der Waals surface area contributed by atoms with Crippen LogP contribution in [0.2, 0.25) is 0 Å². The van der Waals surface area contributed by atoms with E-state index in [9.17, 15) is 9.18 Å². The molecular weight excluding hydrogens is 379 g/mol. The zero-order valence-electron chi connectivity index (χ0n) is 17.8. The zero-order chi connectivity index (χ0) is 21.7. The van der Waals surface area contributed by atoms with Crippen LogP contribution in [0.1, 0.15) is 19.4 Å². The van der Waals surface area contributed by atoms with Crippen LogP contribution in [0.25, 0.3) is 11.1 Å². The summed E-state index contributed by atoms with van der Waals surface area (Å²) in [6.45, 7) is 4.26. The average Bonchev–Trinajstić information content (AvgIpc) is 2.70. The van der Waals surface area contributed by atoms with Crippen LogP contribution in [0.3, 0.4) is 0 Å². The normalized spacial score (nSPS) is 11.4. The van der Waals surface area contributed by atoms with Gasteiger partial charge in [0.25, 0.3) is 5.91 Å². The lowest BCUT2D eigenvalue weighted by molar-refractivity contribution is -0.128. The summed E-state index contributed by atoms with van der Waals surface area (Å²) in [5.74, 6) is -0.200. The highest BCUT2D eigenvalue weighted by atomic mass is 19.1. The van der Waals surface area contributed by atoms with Crippen LogP contribution in [0.15, 0.2) is 72.8 Å². The van der Waals surface area contributed by atoms with Gasteiger partial charge in [0.2, 0.25) is 0 Å². The van der Waals surface area contributed by atoms with Crippen molar-refractivity contribution < 1.29 is 13.9 Å². The fourth-order valence-corrected chi connectivity index (χ4v) is 3.04. The molecule has 156 valence electrons. The van der Waals surface area contributed by atoms with E-state index in [1.807, 2.05) is 38.4 Å². The third-order valence-electron chi connectivity index (χ3n) is 4.66. The maximum atomic E-state index is 13.1. The van der Waals surface area contributed by atoms with Crippen molar-refractivity contribution in [2.45, 2.75) is 26.0 Å². The summed E-state index contributed by atoms with van der Waals surface area (Å²) in [5.41, 5.74) is 3.03. The SMILES string of the molecule is CN(C)Cc1ccc(-c2ccc(NC(=O)C(C)(C)Oc3ccc(F)cc3)cc2)cc1. The van der Waals surface area contributed by atoms with E-state index >= 15 is 0 Å². The molecule has 0 aromatic heterocycles. The van der Waals surface area contributed by atoms with Crippen LogP contribution in [0.5, 0.6) is 5.75 Å². The number of hydrogen-bond acceptors (Lipinski definition) is 3. The molecule has 0 heterocycles. The van der Waals surface area contributed by atoms with Gasteiger partial charge in [-0.2, -0.15) is 0 Å². The molecule has 0 saturated heterocycles. The zero-order valence-corrected chi connectivity index (χ0v) is 17.8. The summed E-state index contributed by atoms with van der Waals surface area (Å²) in [5, 5.41) is 2.88. The summed E-state index contributed by atoms with van der Waals surface area (Å²) in [4.78, 5) is 14.8. The minimum atomic E-state index is -1.11. The van der Waals surface area contributed by atoms with Crippen LogP contribution >= 0.6 is 0 Å². The number of carbonyl (C=O) groups excluding carboxylic acids is 1. The lowest BCUT2D eigenvalue weighted by Gasteiger charge is -2.25. The number of anilines is 1. The van der Waals surface area contributed by atoms with Crippen molar-refractivity contribution in [2.75, 3.05) is 19.4 Å². The molecule has 0 aliphatic heterocycles. The van der Waals surface area contributed by atoms with Gasteiger partial charge in [0.15, 0.2) is 5.60 Å². The Morgan fingerprint density at radius 2 is 1.43 bits per heavy atom. The van der Waals surface area contributed by atoms with Crippen molar-refractivity contribution in [2.24, 2.45) is 0 Å². The van der Waals surface area contributed by atoms with Gasteiger partial charge < -0.3 is 15.0 Å². The molecule has 30 heavy (non-hydrogen) atoms. The molecule has 1 amide bonds. The van der Waals surface area contributed by atoms with E-state index in [1.54, 1.807) is 13.8 Å². The summed E-state index contributed by atoms with van der Waals surface area (Å²) in [7, 11) is 4.10. The van der Waals surface area contributed by atoms with Crippen LogP contribution in [0.4, 0.5) is 10.1 Å². The first-order valence-electron chi connectivity index (χ1n) is 9.83. The van der Waals surface area contributed by atoms with Gasteiger partial charge in [0.05, 0.1) is 0 Å². The van der Waals surface area contributed by atoms with E-state index in [2.05, 4.69) is 34.5 Å².